The minimum Gasteiger partial charge on any atom is -0.454 e. The first-order chi connectivity index (χ1) is 9.19. The summed E-state index contributed by atoms with van der Waals surface area (Å²) in [6.45, 7) is 4.85. The van der Waals surface area contributed by atoms with Gasteiger partial charge in [-0.25, -0.2) is 0 Å². The van der Waals surface area contributed by atoms with Crippen molar-refractivity contribution >= 4 is 0 Å². The molecule has 0 fully saturated rings. The van der Waals surface area contributed by atoms with E-state index in [9.17, 15) is 0 Å². The van der Waals surface area contributed by atoms with Crippen LogP contribution in [0, 0.1) is 0 Å². The summed E-state index contributed by atoms with van der Waals surface area (Å²) in [6, 6.07) is 6.93. The van der Waals surface area contributed by atoms with E-state index in [1.54, 1.807) is 0 Å². The molecule has 19 heavy (non-hydrogen) atoms. The zero-order valence-corrected chi connectivity index (χ0v) is 11.7. The fourth-order valence-corrected chi connectivity index (χ4v) is 2.33. The van der Waals surface area contributed by atoms with Gasteiger partial charge in [0.25, 0.3) is 0 Å². The van der Waals surface area contributed by atoms with E-state index in [0.29, 0.717) is 18.9 Å². The summed E-state index contributed by atoms with van der Waals surface area (Å²) in [7, 11) is 0. The molecule has 0 saturated heterocycles. The van der Waals surface area contributed by atoms with Crippen molar-refractivity contribution in [1.29, 1.82) is 0 Å². The molecular formula is C15H23NO3. The number of hydrogen-bond acceptors (Lipinski definition) is 4. The lowest BCUT2D eigenvalue weighted by Gasteiger charge is -2.19. The van der Waals surface area contributed by atoms with Crippen molar-refractivity contribution in [2.45, 2.75) is 45.2 Å². The molecule has 1 unspecified atom stereocenters. The zero-order valence-electron chi connectivity index (χ0n) is 11.7. The smallest absolute Gasteiger partial charge is 0.231 e. The number of aryl methyl sites for hydroxylation is 1. The van der Waals surface area contributed by atoms with Crippen LogP contribution in [0.4, 0.5) is 0 Å². The van der Waals surface area contributed by atoms with Crippen molar-refractivity contribution < 1.29 is 14.6 Å². The molecule has 0 bridgehead atoms. The number of aliphatic hydroxyl groups is 1. The summed E-state index contributed by atoms with van der Waals surface area (Å²) in [4.78, 5) is 0. The summed E-state index contributed by atoms with van der Waals surface area (Å²) in [5.74, 6) is 1.69. The first-order valence-electron chi connectivity index (χ1n) is 6.94. The maximum atomic E-state index is 8.88. The van der Waals surface area contributed by atoms with Crippen molar-refractivity contribution in [2.75, 3.05) is 13.4 Å². The molecule has 1 aromatic carbocycles. The van der Waals surface area contributed by atoms with Gasteiger partial charge in [-0.05, 0) is 50.8 Å². The average molecular weight is 265 g/mol. The van der Waals surface area contributed by atoms with Gasteiger partial charge in [0.2, 0.25) is 6.79 Å². The highest BCUT2D eigenvalue weighted by Crippen LogP contribution is 2.32. The summed E-state index contributed by atoms with van der Waals surface area (Å²) in [5, 5.41) is 12.4. The molecule has 106 valence electrons. The Morgan fingerprint density at radius 1 is 1.16 bits per heavy atom. The predicted molar refractivity (Wildman–Crippen MR) is 74.6 cm³/mol. The van der Waals surface area contributed by atoms with Gasteiger partial charge in [-0.3, -0.25) is 0 Å². The molecule has 4 nitrogen and oxygen atoms in total. The van der Waals surface area contributed by atoms with Gasteiger partial charge in [0, 0.05) is 18.7 Å². The summed E-state index contributed by atoms with van der Waals surface area (Å²) in [6.07, 6.45) is 2.88. The molecule has 2 rings (SSSR count). The van der Waals surface area contributed by atoms with Crippen molar-refractivity contribution in [2.24, 2.45) is 0 Å². The second-order valence-electron chi connectivity index (χ2n) is 5.21. The summed E-state index contributed by atoms with van der Waals surface area (Å²) >= 11 is 0. The third-order valence-electron chi connectivity index (χ3n) is 3.43. The fraction of sp³-hybridized carbons (Fsp3) is 0.600. The second kappa shape index (κ2) is 6.78. The molecule has 1 aliphatic heterocycles. The third kappa shape index (κ3) is 4.11. The van der Waals surface area contributed by atoms with Gasteiger partial charge in [-0.15, -0.1) is 0 Å². The quantitative estimate of drug-likeness (QED) is 0.792. The molecule has 0 amide bonds. The minimum atomic E-state index is 0.239. The van der Waals surface area contributed by atoms with Crippen LogP contribution in [-0.4, -0.2) is 30.6 Å². The van der Waals surface area contributed by atoms with Crippen LogP contribution in [0.2, 0.25) is 0 Å². The van der Waals surface area contributed by atoms with Crippen LogP contribution in [0.15, 0.2) is 18.2 Å². The number of aliphatic hydroxyl groups excluding tert-OH is 1. The predicted octanol–water partition coefficient (Wildman–Crippen LogP) is 2.10. The molecule has 1 aromatic rings. The average Bonchev–Trinajstić information content (AvgIpc) is 2.83. The Bertz CT molecular complexity index is 408. The highest BCUT2D eigenvalue weighted by molar-refractivity contribution is 5.44. The summed E-state index contributed by atoms with van der Waals surface area (Å²) < 4.78 is 10.7. The van der Waals surface area contributed by atoms with Crippen LogP contribution >= 0.6 is 0 Å². The lowest BCUT2D eigenvalue weighted by atomic mass is 10.0. The molecule has 1 aliphatic rings. The van der Waals surface area contributed by atoms with Gasteiger partial charge in [-0.2, -0.15) is 0 Å². The van der Waals surface area contributed by atoms with Crippen LogP contribution < -0.4 is 14.8 Å². The van der Waals surface area contributed by atoms with E-state index < -0.39 is 0 Å². The minimum absolute atomic E-state index is 0.239. The third-order valence-corrected chi connectivity index (χ3v) is 3.43. The number of hydrogen-bond donors (Lipinski definition) is 2. The first-order valence-corrected chi connectivity index (χ1v) is 6.94. The molecule has 2 N–H and O–H groups in total. The first kappa shape index (κ1) is 14.2. The van der Waals surface area contributed by atoms with Gasteiger partial charge >= 0.3 is 0 Å². The molecule has 2 atom stereocenters. The Balaban J connectivity index is 1.78. The maximum Gasteiger partial charge on any atom is 0.231 e. The van der Waals surface area contributed by atoms with Gasteiger partial charge < -0.3 is 19.9 Å². The highest BCUT2D eigenvalue weighted by Gasteiger charge is 2.13. The maximum absolute atomic E-state index is 8.88. The van der Waals surface area contributed by atoms with E-state index in [4.69, 9.17) is 14.6 Å². The van der Waals surface area contributed by atoms with E-state index in [0.717, 1.165) is 30.8 Å². The van der Waals surface area contributed by atoms with Gasteiger partial charge in [0.05, 0.1) is 0 Å². The Morgan fingerprint density at radius 2 is 1.89 bits per heavy atom. The van der Waals surface area contributed by atoms with E-state index in [1.807, 2.05) is 6.07 Å². The number of fused-ring (bicyclic) bond motifs is 1. The SMILES string of the molecule is CC(CCc1ccc2c(c1)OCO2)N[C@H](C)CCO. The number of nitrogens with one attached hydrogen (secondary N) is 1. The molecule has 1 heterocycles. The molecule has 0 spiro atoms. The van der Waals surface area contributed by atoms with Crippen LogP contribution in [0.1, 0.15) is 32.3 Å². The number of benzene rings is 1. The Labute approximate surface area is 114 Å². The molecule has 0 saturated carbocycles. The standard InChI is InChI=1S/C15H23NO3/c1-11(16-12(2)7-8-17)3-4-13-5-6-14-15(9-13)19-10-18-14/h5-6,9,11-12,16-17H,3-4,7-8,10H2,1-2H3/t11?,12-/m1/s1. The van der Waals surface area contributed by atoms with Gasteiger partial charge in [0.15, 0.2) is 11.5 Å². The van der Waals surface area contributed by atoms with Crippen molar-refractivity contribution in [3.63, 3.8) is 0 Å². The van der Waals surface area contributed by atoms with Crippen molar-refractivity contribution in [1.82, 2.24) is 5.32 Å². The summed E-state index contributed by atoms with van der Waals surface area (Å²) in [5.41, 5.74) is 1.27. The molecule has 0 radical (unpaired) electrons. The van der Waals surface area contributed by atoms with Crippen molar-refractivity contribution in [3.8, 4) is 11.5 Å². The number of ether oxygens (including phenoxy) is 2. The van der Waals surface area contributed by atoms with Gasteiger partial charge in [0.1, 0.15) is 0 Å². The Morgan fingerprint density at radius 3 is 2.68 bits per heavy atom. The van der Waals surface area contributed by atoms with E-state index >= 15 is 0 Å². The lowest BCUT2D eigenvalue weighted by Crippen LogP contribution is -2.35. The fourth-order valence-electron chi connectivity index (χ4n) is 2.33. The molecule has 4 heteroatoms. The molecular weight excluding hydrogens is 242 g/mol. The van der Waals surface area contributed by atoms with Crippen LogP contribution in [0.3, 0.4) is 0 Å². The zero-order chi connectivity index (χ0) is 13.7. The Hall–Kier alpha value is -1.26. The Kier molecular flexibility index (Phi) is 5.05. The van der Waals surface area contributed by atoms with E-state index in [-0.39, 0.29) is 6.61 Å². The monoisotopic (exact) mass is 265 g/mol. The number of rotatable bonds is 7. The topological polar surface area (TPSA) is 50.7 Å². The van der Waals surface area contributed by atoms with E-state index in [1.165, 1.54) is 5.56 Å². The largest absolute Gasteiger partial charge is 0.454 e. The van der Waals surface area contributed by atoms with Crippen LogP contribution in [0.25, 0.3) is 0 Å². The van der Waals surface area contributed by atoms with Crippen LogP contribution in [0.5, 0.6) is 11.5 Å². The van der Waals surface area contributed by atoms with E-state index in [2.05, 4.69) is 31.3 Å². The van der Waals surface area contributed by atoms with Crippen molar-refractivity contribution in [3.05, 3.63) is 23.8 Å². The highest BCUT2D eigenvalue weighted by atomic mass is 16.7. The lowest BCUT2D eigenvalue weighted by molar-refractivity contribution is 0.174. The van der Waals surface area contributed by atoms with Crippen LogP contribution in [-0.2, 0) is 6.42 Å². The molecule has 0 aromatic heterocycles. The second-order valence-corrected chi connectivity index (χ2v) is 5.21. The molecule has 0 aliphatic carbocycles. The van der Waals surface area contributed by atoms with Gasteiger partial charge in [-0.1, -0.05) is 6.07 Å². The normalized spacial score (nSPS) is 16.4.